The summed E-state index contributed by atoms with van der Waals surface area (Å²) in [7, 11) is 0. The Morgan fingerprint density at radius 2 is 1.70 bits per heavy atom. The standard InChI is InChI=1S/C15H13F2NO2/c16-11-4-1-9(2-5-11)10-3-6-13(17)12(7-10)14(18)8-15(19)20/h1-7,14H,8,18H2,(H,19,20). The molecule has 1 atom stereocenters. The predicted octanol–water partition coefficient (Wildman–Crippen LogP) is 3.11. The SMILES string of the molecule is NC(CC(=O)O)c1cc(-c2ccc(F)cc2)ccc1F. The zero-order chi connectivity index (χ0) is 14.7. The summed E-state index contributed by atoms with van der Waals surface area (Å²) in [5.41, 5.74) is 7.18. The molecule has 0 heterocycles. The molecule has 2 aromatic carbocycles. The third-order valence-corrected chi connectivity index (χ3v) is 2.97. The average molecular weight is 277 g/mol. The van der Waals surface area contributed by atoms with E-state index < -0.39 is 17.8 Å². The lowest BCUT2D eigenvalue weighted by atomic mass is 9.98. The molecule has 2 aromatic rings. The second-order valence-electron chi connectivity index (χ2n) is 4.45. The van der Waals surface area contributed by atoms with E-state index >= 15 is 0 Å². The second kappa shape index (κ2) is 5.79. The summed E-state index contributed by atoms with van der Waals surface area (Å²) >= 11 is 0. The molecule has 0 spiro atoms. The molecule has 5 heteroatoms. The minimum atomic E-state index is -1.09. The fourth-order valence-electron chi connectivity index (χ4n) is 1.95. The molecular formula is C15H13F2NO2. The van der Waals surface area contributed by atoms with E-state index in [1.54, 1.807) is 18.2 Å². The molecule has 0 fully saturated rings. The summed E-state index contributed by atoms with van der Waals surface area (Å²) in [6.45, 7) is 0. The monoisotopic (exact) mass is 277 g/mol. The Bertz CT molecular complexity index is 626. The lowest BCUT2D eigenvalue weighted by Crippen LogP contribution is -2.16. The lowest BCUT2D eigenvalue weighted by Gasteiger charge is -2.12. The number of hydrogen-bond donors (Lipinski definition) is 2. The number of nitrogens with two attached hydrogens (primary N) is 1. The van der Waals surface area contributed by atoms with Gasteiger partial charge in [-0.1, -0.05) is 18.2 Å². The van der Waals surface area contributed by atoms with Crippen LogP contribution in [0.15, 0.2) is 42.5 Å². The first-order valence-corrected chi connectivity index (χ1v) is 6.00. The predicted molar refractivity (Wildman–Crippen MR) is 71.0 cm³/mol. The number of carboxylic acid groups (broad SMARTS) is 1. The highest BCUT2D eigenvalue weighted by atomic mass is 19.1. The second-order valence-corrected chi connectivity index (χ2v) is 4.45. The maximum absolute atomic E-state index is 13.7. The number of rotatable bonds is 4. The van der Waals surface area contributed by atoms with Crippen LogP contribution in [0.3, 0.4) is 0 Å². The van der Waals surface area contributed by atoms with Crippen molar-refractivity contribution >= 4 is 5.97 Å². The molecule has 1 unspecified atom stereocenters. The van der Waals surface area contributed by atoms with Crippen molar-refractivity contribution in [1.29, 1.82) is 0 Å². The number of aliphatic carboxylic acids is 1. The lowest BCUT2D eigenvalue weighted by molar-refractivity contribution is -0.137. The van der Waals surface area contributed by atoms with E-state index in [1.165, 1.54) is 24.3 Å². The number of carboxylic acids is 1. The van der Waals surface area contributed by atoms with Gasteiger partial charge in [0.25, 0.3) is 0 Å². The summed E-state index contributed by atoms with van der Waals surface area (Å²) in [5, 5.41) is 8.71. The Kier molecular flexibility index (Phi) is 4.10. The van der Waals surface area contributed by atoms with Gasteiger partial charge in [-0.15, -0.1) is 0 Å². The quantitative estimate of drug-likeness (QED) is 0.902. The minimum Gasteiger partial charge on any atom is -0.481 e. The maximum atomic E-state index is 13.7. The van der Waals surface area contributed by atoms with Gasteiger partial charge in [0.05, 0.1) is 6.42 Å². The fourth-order valence-corrected chi connectivity index (χ4v) is 1.95. The van der Waals surface area contributed by atoms with Crippen LogP contribution < -0.4 is 5.73 Å². The number of hydrogen-bond acceptors (Lipinski definition) is 2. The Hall–Kier alpha value is -2.27. The van der Waals surface area contributed by atoms with Gasteiger partial charge < -0.3 is 10.8 Å². The topological polar surface area (TPSA) is 63.3 Å². The van der Waals surface area contributed by atoms with Crippen molar-refractivity contribution in [2.24, 2.45) is 5.73 Å². The van der Waals surface area contributed by atoms with Crippen LogP contribution in [0, 0.1) is 11.6 Å². The molecule has 104 valence electrons. The van der Waals surface area contributed by atoms with Gasteiger partial charge in [-0.2, -0.15) is 0 Å². The molecule has 0 amide bonds. The summed E-state index contributed by atoms with van der Waals surface area (Å²) in [6, 6.07) is 9.08. The van der Waals surface area contributed by atoms with E-state index in [0.29, 0.717) is 11.1 Å². The minimum absolute atomic E-state index is 0.134. The van der Waals surface area contributed by atoms with Gasteiger partial charge in [0.2, 0.25) is 0 Å². The summed E-state index contributed by atoms with van der Waals surface area (Å²) in [5.74, 6) is -2.01. The Balaban J connectivity index is 2.37. The summed E-state index contributed by atoms with van der Waals surface area (Å²) < 4.78 is 26.6. The number of halogens is 2. The molecule has 0 bridgehead atoms. The van der Waals surface area contributed by atoms with Gasteiger partial charge in [0.15, 0.2) is 0 Å². The van der Waals surface area contributed by atoms with E-state index in [0.717, 1.165) is 0 Å². The van der Waals surface area contributed by atoms with E-state index in [-0.39, 0.29) is 17.8 Å². The van der Waals surface area contributed by atoms with Gasteiger partial charge in [-0.3, -0.25) is 4.79 Å². The van der Waals surface area contributed by atoms with Crippen molar-refractivity contribution in [3.8, 4) is 11.1 Å². The zero-order valence-corrected chi connectivity index (χ0v) is 10.5. The highest BCUT2D eigenvalue weighted by Crippen LogP contribution is 2.26. The Morgan fingerprint density at radius 3 is 2.30 bits per heavy atom. The third-order valence-electron chi connectivity index (χ3n) is 2.97. The molecule has 0 saturated heterocycles. The van der Waals surface area contributed by atoms with Gasteiger partial charge >= 0.3 is 5.97 Å². The molecule has 0 radical (unpaired) electrons. The first-order valence-electron chi connectivity index (χ1n) is 6.00. The van der Waals surface area contributed by atoms with E-state index in [1.807, 2.05) is 0 Å². The molecule has 0 aromatic heterocycles. The van der Waals surface area contributed by atoms with E-state index in [4.69, 9.17) is 10.8 Å². The molecule has 0 aliphatic heterocycles. The maximum Gasteiger partial charge on any atom is 0.305 e. The van der Waals surface area contributed by atoms with Crippen molar-refractivity contribution in [3.63, 3.8) is 0 Å². The van der Waals surface area contributed by atoms with Gasteiger partial charge in [0.1, 0.15) is 11.6 Å². The normalized spacial score (nSPS) is 12.2. The van der Waals surface area contributed by atoms with Crippen molar-refractivity contribution in [3.05, 3.63) is 59.7 Å². The van der Waals surface area contributed by atoms with Crippen LogP contribution in [0.2, 0.25) is 0 Å². The van der Waals surface area contributed by atoms with E-state index in [2.05, 4.69) is 0 Å². The average Bonchev–Trinajstić information content (AvgIpc) is 2.39. The van der Waals surface area contributed by atoms with Crippen LogP contribution in [-0.2, 0) is 4.79 Å². The molecule has 2 rings (SSSR count). The molecule has 3 nitrogen and oxygen atoms in total. The molecule has 0 aliphatic rings. The largest absolute Gasteiger partial charge is 0.481 e. The number of carbonyl (C=O) groups is 1. The molecule has 0 saturated carbocycles. The van der Waals surface area contributed by atoms with Crippen LogP contribution in [0.4, 0.5) is 8.78 Å². The van der Waals surface area contributed by atoms with Gasteiger partial charge in [-0.25, -0.2) is 8.78 Å². The highest BCUT2D eigenvalue weighted by Gasteiger charge is 2.15. The van der Waals surface area contributed by atoms with E-state index in [9.17, 15) is 13.6 Å². The smallest absolute Gasteiger partial charge is 0.305 e. The molecule has 20 heavy (non-hydrogen) atoms. The van der Waals surface area contributed by atoms with Gasteiger partial charge in [-0.05, 0) is 35.4 Å². The molecular weight excluding hydrogens is 264 g/mol. The van der Waals surface area contributed by atoms with Gasteiger partial charge in [0, 0.05) is 11.6 Å². The number of benzene rings is 2. The first kappa shape index (κ1) is 14.1. The molecule has 0 aliphatic carbocycles. The zero-order valence-electron chi connectivity index (χ0n) is 10.5. The Morgan fingerprint density at radius 1 is 1.10 bits per heavy atom. The Labute approximate surface area is 114 Å². The van der Waals surface area contributed by atoms with Crippen molar-refractivity contribution in [2.75, 3.05) is 0 Å². The summed E-state index contributed by atoms with van der Waals surface area (Å²) in [4.78, 5) is 10.6. The molecule has 3 N–H and O–H groups in total. The van der Waals surface area contributed by atoms with Crippen LogP contribution in [-0.4, -0.2) is 11.1 Å². The van der Waals surface area contributed by atoms with Crippen LogP contribution >= 0.6 is 0 Å². The first-order chi connectivity index (χ1) is 9.47. The van der Waals surface area contributed by atoms with Crippen molar-refractivity contribution in [1.82, 2.24) is 0 Å². The van der Waals surface area contributed by atoms with Crippen LogP contribution in [0.25, 0.3) is 11.1 Å². The highest BCUT2D eigenvalue weighted by molar-refractivity contribution is 5.69. The fraction of sp³-hybridized carbons (Fsp3) is 0.133. The van der Waals surface area contributed by atoms with Crippen LogP contribution in [0.1, 0.15) is 18.0 Å². The van der Waals surface area contributed by atoms with Crippen LogP contribution in [0.5, 0.6) is 0 Å². The van der Waals surface area contributed by atoms with Crippen molar-refractivity contribution < 1.29 is 18.7 Å². The van der Waals surface area contributed by atoms with Crippen molar-refractivity contribution in [2.45, 2.75) is 12.5 Å². The summed E-state index contributed by atoms with van der Waals surface area (Å²) in [6.07, 6.45) is -0.357. The third kappa shape index (κ3) is 3.19.